The van der Waals surface area contributed by atoms with Crippen LogP contribution in [0.1, 0.15) is 11.9 Å². The summed E-state index contributed by atoms with van der Waals surface area (Å²) in [4.78, 5) is 7.13. The number of anilines is 1. The molecular weight excluding hydrogens is 286 g/mol. The van der Waals surface area contributed by atoms with Gasteiger partial charge in [-0.15, -0.1) is 0 Å². The summed E-state index contributed by atoms with van der Waals surface area (Å²) in [6.07, 6.45) is 1.69. The summed E-state index contributed by atoms with van der Waals surface area (Å²) in [6.45, 7) is 0. The fraction of sp³-hybridized carbons (Fsp3) is 0.105. The van der Waals surface area contributed by atoms with Gasteiger partial charge < -0.3 is 9.32 Å². The van der Waals surface area contributed by atoms with Crippen LogP contribution in [0.4, 0.5) is 5.69 Å². The van der Waals surface area contributed by atoms with Crippen molar-refractivity contribution in [1.29, 1.82) is 0 Å². The summed E-state index contributed by atoms with van der Waals surface area (Å²) in [5.41, 5.74) is 4.43. The van der Waals surface area contributed by atoms with Crippen molar-refractivity contribution >= 4 is 16.7 Å². The maximum Gasteiger partial charge on any atom is 0.167 e. The van der Waals surface area contributed by atoms with Crippen LogP contribution in [0, 0.1) is 0 Å². The summed E-state index contributed by atoms with van der Waals surface area (Å²) in [5.74, 6) is 1.90. The van der Waals surface area contributed by atoms with Crippen molar-refractivity contribution in [3.8, 4) is 11.4 Å². The first-order valence-electron chi connectivity index (χ1n) is 7.67. The van der Waals surface area contributed by atoms with Crippen LogP contribution < -0.4 is 4.90 Å². The van der Waals surface area contributed by atoms with Crippen LogP contribution in [-0.4, -0.2) is 16.6 Å². The molecule has 1 atom stereocenters. The molecule has 0 radical (unpaired) electrons. The van der Waals surface area contributed by atoms with E-state index in [1.165, 1.54) is 0 Å². The predicted octanol–water partition coefficient (Wildman–Crippen LogP) is 4.29. The van der Waals surface area contributed by atoms with Crippen molar-refractivity contribution in [3.63, 3.8) is 0 Å². The molecule has 112 valence electrons. The first-order valence-corrected chi connectivity index (χ1v) is 7.67. The molecule has 5 rings (SSSR count). The molecular formula is C19H15N3O. The molecule has 0 aliphatic carbocycles. The van der Waals surface area contributed by atoms with Crippen molar-refractivity contribution < 1.29 is 4.42 Å². The molecule has 4 aromatic rings. The van der Waals surface area contributed by atoms with Gasteiger partial charge in [-0.1, -0.05) is 24.3 Å². The third-order valence-electron chi connectivity index (χ3n) is 4.53. The Kier molecular flexibility index (Phi) is 2.45. The van der Waals surface area contributed by atoms with Gasteiger partial charge in [0.05, 0.1) is 17.3 Å². The molecule has 0 saturated carbocycles. The van der Waals surface area contributed by atoms with E-state index < -0.39 is 0 Å². The van der Waals surface area contributed by atoms with Gasteiger partial charge in [0.25, 0.3) is 0 Å². The second kappa shape index (κ2) is 4.49. The summed E-state index contributed by atoms with van der Waals surface area (Å²) >= 11 is 0. The lowest BCUT2D eigenvalue weighted by Crippen LogP contribution is -2.33. The monoisotopic (exact) mass is 301 g/mol. The van der Waals surface area contributed by atoms with E-state index in [0.29, 0.717) is 0 Å². The van der Waals surface area contributed by atoms with E-state index >= 15 is 0 Å². The maximum atomic E-state index is 5.74. The third-order valence-corrected chi connectivity index (χ3v) is 4.53. The van der Waals surface area contributed by atoms with Gasteiger partial charge in [-0.25, -0.2) is 4.98 Å². The second-order valence-corrected chi connectivity index (χ2v) is 5.81. The van der Waals surface area contributed by atoms with Gasteiger partial charge in [0.15, 0.2) is 6.17 Å². The van der Waals surface area contributed by atoms with Crippen LogP contribution >= 0.6 is 0 Å². The number of fused-ring (bicyclic) bond motifs is 5. The topological polar surface area (TPSA) is 34.2 Å². The molecule has 0 fully saturated rings. The second-order valence-electron chi connectivity index (χ2n) is 5.81. The molecule has 4 nitrogen and oxygen atoms in total. The van der Waals surface area contributed by atoms with E-state index in [-0.39, 0.29) is 6.17 Å². The Morgan fingerprint density at radius 2 is 1.78 bits per heavy atom. The highest BCUT2D eigenvalue weighted by molar-refractivity contribution is 5.87. The van der Waals surface area contributed by atoms with E-state index in [4.69, 9.17) is 9.40 Å². The fourth-order valence-corrected chi connectivity index (χ4v) is 3.51. The minimum absolute atomic E-state index is 0.0395. The number of nitrogens with zero attached hydrogens (tertiary/aromatic N) is 3. The lowest BCUT2D eigenvalue weighted by atomic mass is 10.1. The van der Waals surface area contributed by atoms with Crippen LogP contribution in [0.3, 0.4) is 0 Å². The van der Waals surface area contributed by atoms with Crippen molar-refractivity contribution in [2.24, 2.45) is 0 Å². The first-order chi connectivity index (χ1) is 11.3. The van der Waals surface area contributed by atoms with Gasteiger partial charge in [0.2, 0.25) is 0 Å². The molecule has 0 bridgehead atoms. The molecule has 1 aliphatic heterocycles. The number of hydrogen-bond donors (Lipinski definition) is 0. The lowest BCUT2D eigenvalue weighted by molar-refractivity contribution is 0.427. The van der Waals surface area contributed by atoms with Crippen LogP contribution in [0.15, 0.2) is 71.3 Å². The Hall–Kier alpha value is -3.01. The smallest absolute Gasteiger partial charge is 0.167 e. The van der Waals surface area contributed by atoms with Gasteiger partial charge >= 0.3 is 0 Å². The normalized spacial score (nSPS) is 16.4. The number of benzene rings is 2. The molecule has 23 heavy (non-hydrogen) atoms. The average molecular weight is 301 g/mol. The highest BCUT2D eigenvalue weighted by atomic mass is 16.3. The van der Waals surface area contributed by atoms with Crippen molar-refractivity contribution in [2.75, 3.05) is 11.9 Å². The Morgan fingerprint density at radius 1 is 0.957 bits per heavy atom. The molecule has 0 N–H and O–H groups in total. The molecule has 0 unspecified atom stereocenters. The maximum absolute atomic E-state index is 5.74. The van der Waals surface area contributed by atoms with Crippen molar-refractivity contribution in [2.45, 2.75) is 6.17 Å². The summed E-state index contributed by atoms with van der Waals surface area (Å²) in [5, 5.41) is 0. The summed E-state index contributed by atoms with van der Waals surface area (Å²) < 4.78 is 8.00. The Labute approximate surface area is 133 Å². The zero-order valence-corrected chi connectivity index (χ0v) is 12.7. The Bertz CT molecular complexity index is 1000. The number of aromatic nitrogens is 2. The fourth-order valence-electron chi connectivity index (χ4n) is 3.51. The highest BCUT2D eigenvalue weighted by Crippen LogP contribution is 2.43. The molecule has 2 aromatic carbocycles. The van der Waals surface area contributed by atoms with Crippen molar-refractivity contribution in [1.82, 2.24) is 9.55 Å². The van der Waals surface area contributed by atoms with E-state index in [9.17, 15) is 0 Å². The van der Waals surface area contributed by atoms with Gasteiger partial charge in [0.1, 0.15) is 11.6 Å². The van der Waals surface area contributed by atoms with Gasteiger partial charge in [-0.2, -0.15) is 0 Å². The highest BCUT2D eigenvalue weighted by Gasteiger charge is 2.33. The Morgan fingerprint density at radius 3 is 2.65 bits per heavy atom. The average Bonchev–Trinajstić information content (AvgIpc) is 3.24. The minimum atomic E-state index is -0.0395. The van der Waals surface area contributed by atoms with Gasteiger partial charge in [0, 0.05) is 18.3 Å². The largest absolute Gasteiger partial charge is 0.465 e. The minimum Gasteiger partial charge on any atom is -0.465 e. The molecule has 2 aromatic heterocycles. The third kappa shape index (κ3) is 1.63. The zero-order chi connectivity index (χ0) is 15.4. The zero-order valence-electron chi connectivity index (χ0n) is 12.7. The number of para-hydroxylation sites is 3. The van der Waals surface area contributed by atoms with E-state index in [2.05, 4.69) is 59.0 Å². The van der Waals surface area contributed by atoms with Crippen LogP contribution in [-0.2, 0) is 0 Å². The van der Waals surface area contributed by atoms with Crippen molar-refractivity contribution in [3.05, 3.63) is 72.7 Å². The molecule has 4 heteroatoms. The molecule has 0 spiro atoms. The number of rotatable bonds is 1. The number of furan rings is 1. The first kappa shape index (κ1) is 12.5. The van der Waals surface area contributed by atoms with Crippen LogP contribution in [0.25, 0.3) is 22.4 Å². The van der Waals surface area contributed by atoms with E-state index in [1.54, 1.807) is 6.26 Å². The predicted molar refractivity (Wildman–Crippen MR) is 90.4 cm³/mol. The van der Waals surface area contributed by atoms with Gasteiger partial charge in [-0.05, 0) is 36.4 Å². The van der Waals surface area contributed by atoms with Crippen LogP contribution in [0.5, 0.6) is 0 Å². The molecule has 0 amide bonds. The van der Waals surface area contributed by atoms with Gasteiger partial charge in [-0.3, -0.25) is 4.57 Å². The van der Waals surface area contributed by atoms with E-state index in [1.807, 2.05) is 18.2 Å². The van der Waals surface area contributed by atoms with Crippen LogP contribution in [0.2, 0.25) is 0 Å². The standard InChI is InChI=1S/C19H15N3O/c1-21-15-9-4-2-7-13(15)18-20-14-8-3-5-10-16(14)22(18)19(21)17-11-6-12-23-17/h2-12,19H,1H3/t19-/m1/s1. The quantitative estimate of drug-likeness (QED) is 0.526. The number of hydrogen-bond acceptors (Lipinski definition) is 3. The molecule has 1 aliphatic rings. The lowest BCUT2D eigenvalue weighted by Gasteiger charge is -2.36. The summed E-state index contributed by atoms with van der Waals surface area (Å²) in [7, 11) is 2.10. The SMILES string of the molecule is CN1c2ccccc2-c2nc3ccccc3n2[C@@H]1c1ccco1. The Balaban J connectivity index is 1.90. The molecule has 3 heterocycles. The van der Waals surface area contributed by atoms with E-state index in [0.717, 1.165) is 33.9 Å². The number of imidazole rings is 1. The molecule has 0 saturated heterocycles. The summed E-state index contributed by atoms with van der Waals surface area (Å²) in [6, 6.07) is 20.6.